The Morgan fingerprint density at radius 3 is 2.65 bits per heavy atom. The van der Waals surface area contributed by atoms with Crippen LogP contribution in [-0.4, -0.2) is 19.4 Å². The van der Waals surface area contributed by atoms with Gasteiger partial charge in [-0.15, -0.1) is 0 Å². The molecule has 0 spiro atoms. The van der Waals surface area contributed by atoms with Crippen molar-refractivity contribution in [3.8, 4) is 5.75 Å². The second kappa shape index (κ2) is 5.77. The monoisotopic (exact) mass is 239 g/mol. The van der Waals surface area contributed by atoms with Crippen LogP contribution in [-0.2, 0) is 6.42 Å². The number of Topliss-reactive ketones (excluding diaryl/α,β-unsaturated/α-hetero) is 1. The summed E-state index contributed by atoms with van der Waals surface area (Å²) in [4.78, 5) is 11.9. The van der Waals surface area contributed by atoms with Crippen LogP contribution in [0.25, 0.3) is 0 Å². The molecule has 0 bridgehead atoms. The minimum Gasteiger partial charge on any atom is -0.496 e. The predicted octanol–water partition coefficient (Wildman–Crippen LogP) is 2.24. The van der Waals surface area contributed by atoms with E-state index >= 15 is 0 Å². The molecular formula is C13H18FNO2. The number of benzene rings is 1. The molecule has 0 aliphatic carbocycles. The summed E-state index contributed by atoms with van der Waals surface area (Å²) in [7, 11) is 1.48. The Morgan fingerprint density at radius 1 is 1.53 bits per heavy atom. The molecule has 0 unspecified atom stereocenters. The fourth-order valence-electron chi connectivity index (χ4n) is 1.92. The number of carbonyl (C=O) groups is 1. The maximum absolute atomic E-state index is 13.7. The third-order valence-corrected chi connectivity index (χ3v) is 2.80. The number of nitrogens with two attached hydrogens (primary N) is 1. The van der Waals surface area contributed by atoms with Crippen LogP contribution < -0.4 is 10.5 Å². The summed E-state index contributed by atoms with van der Waals surface area (Å²) in [6.07, 6.45) is 0.842. The SMILES string of the molecule is CCc1c(C(=O)CCN)cc(F)c(C)c1OC. The maximum Gasteiger partial charge on any atom is 0.164 e. The Bertz CT molecular complexity index is 430. The summed E-state index contributed by atoms with van der Waals surface area (Å²) >= 11 is 0. The number of hydrogen-bond donors (Lipinski definition) is 1. The minimum atomic E-state index is -0.417. The first-order valence-corrected chi connectivity index (χ1v) is 5.66. The highest BCUT2D eigenvalue weighted by Crippen LogP contribution is 2.30. The van der Waals surface area contributed by atoms with Gasteiger partial charge in [-0.2, -0.15) is 0 Å². The third-order valence-electron chi connectivity index (χ3n) is 2.80. The summed E-state index contributed by atoms with van der Waals surface area (Å²) in [5.41, 5.74) is 6.93. The van der Waals surface area contributed by atoms with Crippen LogP contribution in [0.5, 0.6) is 5.75 Å². The van der Waals surface area contributed by atoms with Gasteiger partial charge in [0.15, 0.2) is 5.78 Å². The molecule has 1 aromatic carbocycles. The van der Waals surface area contributed by atoms with Crippen LogP contribution >= 0.6 is 0 Å². The van der Waals surface area contributed by atoms with E-state index in [0.29, 0.717) is 23.3 Å². The van der Waals surface area contributed by atoms with Crippen molar-refractivity contribution in [3.05, 3.63) is 28.6 Å². The first-order valence-electron chi connectivity index (χ1n) is 5.66. The van der Waals surface area contributed by atoms with Gasteiger partial charge in [0.25, 0.3) is 0 Å². The molecule has 4 heteroatoms. The van der Waals surface area contributed by atoms with Crippen LogP contribution in [0.4, 0.5) is 4.39 Å². The molecule has 0 saturated heterocycles. The molecule has 2 N–H and O–H groups in total. The van der Waals surface area contributed by atoms with Gasteiger partial charge in [-0.05, 0) is 26.0 Å². The number of hydrogen-bond acceptors (Lipinski definition) is 3. The highest BCUT2D eigenvalue weighted by atomic mass is 19.1. The summed E-state index contributed by atoms with van der Waals surface area (Å²) < 4.78 is 18.9. The van der Waals surface area contributed by atoms with Gasteiger partial charge >= 0.3 is 0 Å². The van der Waals surface area contributed by atoms with Crippen molar-refractivity contribution in [2.75, 3.05) is 13.7 Å². The average molecular weight is 239 g/mol. The summed E-state index contributed by atoms with van der Waals surface area (Å²) in [5, 5.41) is 0. The van der Waals surface area contributed by atoms with Gasteiger partial charge in [-0.3, -0.25) is 4.79 Å². The Labute approximate surface area is 101 Å². The number of ketones is 1. The van der Waals surface area contributed by atoms with E-state index in [1.165, 1.54) is 13.2 Å². The fraction of sp³-hybridized carbons (Fsp3) is 0.462. The lowest BCUT2D eigenvalue weighted by molar-refractivity contribution is 0.0983. The van der Waals surface area contributed by atoms with E-state index < -0.39 is 5.82 Å². The first kappa shape index (κ1) is 13.6. The number of carbonyl (C=O) groups excluding carboxylic acids is 1. The lowest BCUT2D eigenvalue weighted by Crippen LogP contribution is -2.12. The second-order valence-electron chi connectivity index (χ2n) is 3.86. The van der Waals surface area contributed by atoms with E-state index in [4.69, 9.17) is 10.5 Å². The Hall–Kier alpha value is -1.42. The largest absolute Gasteiger partial charge is 0.496 e. The molecule has 0 aliphatic heterocycles. The normalized spacial score (nSPS) is 10.4. The number of rotatable bonds is 5. The van der Waals surface area contributed by atoms with Crippen molar-refractivity contribution in [1.29, 1.82) is 0 Å². The zero-order valence-electron chi connectivity index (χ0n) is 10.5. The van der Waals surface area contributed by atoms with E-state index in [1.54, 1.807) is 6.92 Å². The zero-order valence-corrected chi connectivity index (χ0v) is 10.5. The Morgan fingerprint density at radius 2 is 2.18 bits per heavy atom. The average Bonchev–Trinajstić information content (AvgIpc) is 2.32. The summed E-state index contributed by atoms with van der Waals surface area (Å²) in [6, 6.07) is 1.29. The number of ether oxygens (including phenoxy) is 1. The topological polar surface area (TPSA) is 52.3 Å². The van der Waals surface area contributed by atoms with E-state index in [-0.39, 0.29) is 18.7 Å². The molecular weight excluding hydrogens is 221 g/mol. The standard InChI is InChI=1S/C13H18FNO2/c1-4-9-10(12(16)5-6-15)7-11(14)8(2)13(9)17-3/h7H,4-6,15H2,1-3H3. The van der Waals surface area contributed by atoms with Crippen molar-refractivity contribution in [2.24, 2.45) is 5.73 Å². The van der Waals surface area contributed by atoms with Crippen molar-refractivity contribution in [1.82, 2.24) is 0 Å². The molecule has 0 aromatic heterocycles. The van der Waals surface area contributed by atoms with Crippen molar-refractivity contribution < 1.29 is 13.9 Å². The van der Waals surface area contributed by atoms with Crippen LogP contribution in [0.3, 0.4) is 0 Å². The third kappa shape index (κ3) is 2.64. The molecule has 0 heterocycles. The predicted molar refractivity (Wildman–Crippen MR) is 65.1 cm³/mol. The van der Waals surface area contributed by atoms with Crippen molar-refractivity contribution in [2.45, 2.75) is 26.7 Å². The lowest BCUT2D eigenvalue weighted by Gasteiger charge is -2.15. The highest BCUT2D eigenvalue weighted by Gasteiger charge is 2.19. The van der Waals surface area contributed by atoms with Crippen LogP contribution in [0.1, 0.15) is 34.8 Å². The van der Waals surface area contributed by atoms with E-state index in [0.717, 1.165) is 5.56 Å². The zero-order chi connectivity index (χ0) is 13.0. The second-order valence-corrected chi connectivity index (χ2v) is 3.86. The van der Waals surface area contributed by atoms with E-state index in [1.807, 2.05) is 6.92 Å². The van der Waals surface area contributed by atoms with Gasteiger partial charge in [-0.25, -0.2) is 4.39 Å². The van der Waals surface area contributed by atoms with Crippen molar-refractivity contribution in [3.63, 3.8) is 0 Å². The van der Waals surface area contributed by atoms with Gasteiger partial charge in [0.05, 0.1) is 7.11 Å². The van der Waals surface area contributed by atoms with Crippen LogP contribution in [0.15, 0.2) is 6.07 Å². The molecule has 0 radical (unpaired) electrons. The molecule has 0 fully saturated rings. The van der Waals surface area contributed by atoms with Gasteiger partial charge in [0.1, 0.15) is 11.6 Å². The van der Waals surface area contributed by atoms with Gasteiger partial charge < -0.3 is 10.5 Å². The van der Waals surface area contributed by atoms with Gasteiger partial charge in [-0.1, -0.05) is 6.92 Å². The molecule has 0 aliphatic rings. The molecule has 94 valence electrons. The lowest BCUT2D eigenvalue weighted by atomic mass is 9.96. The molecule has 3 nitrogen and oxygen atoms in total. The fourth-order valence-corrected chi connectivity index (χ4v) is 1.92. The smallest absolute Gasteiger partial charge is 0.164 e. The number of methoxy groups -OCH3 is 1. The van der Waals surface area contributed by atoms with E-state index in [9.17, 15) is 9.18 Å². The van der Waals surface area contributed by atoms with E-state index in [2.05, 4.69) is 0 Å². The molecule has 17 heavy (non-hydrogen) atoms. The van der Waals surface area contributed by atoms with Crippen molar-refractivity contribution >= 4 is 5.78 Å². The molecule has 0 saturated carbocycles. The van der Waals surface area contributed by atoms with Gasteiger partial charge in [0.2, 0.25) is 0 Å². The molecule has 0 atom stereocenters. The molecule has 1 aromatic rings. The quantitative estimate of drug-likeness (QED) is 0.802. The molecule has 1 rings (SSSR count). The number of halogens is 1. The first-order chi connectivity index (χ1) is 8.06. The van der Waals surface area contributed by atoms with Crippen LogP contribution in [0, 0.1) is 12.7 Å². The minimum absolute atomic E-state index is 0.137. The van der Waals surface area contributed by atoms with Gasteiger partial charge in [0, 0.05) is 23.1 Å². The maximum atomic E-state index is 13.7. The highest BCUT2D eigenvalue weighted by molar-refractivity contribution is 5.98. The summed E-state index contributed by atoms with van der Waals surface area (Å²) in [6.45, 7) is 3.82. The summed E-state index contributed by atoms with van der Waals surface area (Å²) in [5.74, 6) is -0.0890. The Balaban J connectivity index is 3.39. The van der Waals surface area contributed by atoms with Crippen LogP contribution in [0.2, 0.25) is 0 Å². The molecule has 0 amide bonds. The Kier molecular flexibility index (Phi) is 4.63.